The average Bonchev–Trinajstić information content (AvgIpc) is 2.26. The van der Waals surface area contributed by atoms with Crippen molar-refractivity contribution < 1.29 is 13.2 Å². The van der Waals surface area contributed by atoms with Crippen molar-refractivity contribution in [3.05, 3.63) is 35.4 Å². The standard InChI is InChI=1S/C11H14N2O3S/c12-11(14)10-8-4-2-1-3-7(8)5-6-9(10)17(13,15)16/h1-4,9-10H,5-6H2,(H2,12,14)(H2,13,15,16). The van der Waals surface area contributed by atoms with E-state index in [9.17, 15) is 13.2 Å². The van der Waals surface area contributed by atoms with Crippen LogP contribution in [0.3, 0.4) is 0 Å². The summed E-state index contributed by atoms with van der Waals surface area (Å²) >= 11 is 0. The number of aryl methyl sites for hydroxylation is 1. The van der Waals surface area contributed by atoms with Gasteiger partial charge in [0.1, 0.15) is 0 Å². The normalized spacial score (nSPS) is 24.1. The molecular formula is C11H14N2O3S. The first-order valence-electron chi connectivity index (χ1n) is 5.30. The van der Waals surface area contributed by atoms with Crippen LogP contribution in [0.5, 0.6) is 0 Å². The highest BCUT2D eigenvalue weighted by molar-refractivity contribution is 7.89. The molecule has 2 rings (SSSR count). The quantitative estimate of drug-likeness (QED) is 0.767. The number of rotatable bonds is 2. The first-order chi connectivity index (χ1) is 7.91. The molecule has 2 unspecified atom stereocenters. The maximum atomic E-state index is 11.5. The van der Waals surface area contributed by atoms with Gasteiger partial charge < -0.3 is 5.73 Å². The number of fused-ring (bicyclic) bond motifs is 1. The van der Waals surface area contributed by atoms with E-state index >= 15 is 0 Å². The predicted molar refractivity (Wildman–Crippen MR) is 63.6 cm³/mol. The van der Waals surface area contributed by atoms with E-state index in [1.807, 2.05) is 12.1 Å². The molecule has 1 aliphatic carbocycles. The van der Waals surface area contributed by atoms with Crippen molar-refractivity contribution >= 4 is 15.9 Å². The van der Waals surface area contributed by atoms with E-state index in [1.165, 1.54) is 0 Å². The molecule has 92 valence electrons. The molecule has 1 aliphatic rings. The van der Waals surface area contributed by atoms with Crippen molar-refractivity contribution in [3.8, 4) is 0 Å². The number of primary sulfonamides is 1. The molecule has 0 bridgehead atoms. The molecule has 0 fully saturated rings. The fourth-order valence-electron chi connectivity index (χ4n) is 2.42. The van der Waals surface area contributed by atoms with E-state index in [0.717, 1.165) is 5.56 Å². The molecule has 1 amide bonds. The van der Waals surface area contributed by atoms with E-state index < -0.39 is 27.1 Å². The van der Waals surface area contributed by atoms with Gasteiger partial charge >= 0.3 is 0 Å². The van der Waals surface area contributed by atoms with Gasteiger partial charge in [0.25, 0.3) is 0 Å². The van der Waals surface area contributed by atoms with Gasteiger partial charge in [-0.25, -0.2) is 13.6 Å². The van der Waals surface area contributed by atoms with Crippen LogP contribution in [-0.2, 0) is 21.2 Å². The monoisotopic (exact) mass is 254 g/mol. The van der Waals surface area contributed by atoms with Gasteiger partial charge in [-0.3, -0.25) is 4.79 Å². The molecule has 4 N–H and O–H groups in total. The number of hydrogen-bond donors (Lipinski definition) is 2. The Hall–Kier alpha value is -1.40. The Balaban J connectivity index is 2.54. The van der Waals surface area contributed by atoms with Crippen LogP contribution in [0, 0.1) is 0 Å². The minimum absolute atomic E-state index is 0.337. The molecule has 0 spiro atoms. The third kappa shape index (κ3) is 2.18. The highest BCUT2D eigenvalue weighted by atomic mass is 32.2. The fraction of sp³-hybridized carbons (Fsp3) is 0.364. The Kier molecular flexibility index (Phi) is 2.92. The van der Waals surface area contributed by atoms with Crippen LogP contribution >= 0.6 is 0 Å². The van der Waals surface area contributed by atoms with Crippen LogP contribution in [0.15, 0.2) is 24.3 Å². The lowest BCUT2D eigenvalue weighted by Crippen LogP contribution is -2.43. The Morgan fingerprint density at radius 1 is 1.29 bits per heavy atom. The molecule has 2 atom stereocenters. The van der Waals surface area contributed by atoms with Gasteiger partial charge in [0.15, 0.2) is 0 Å². The number of carbonyl (C=O) groups excluding carboxylic acids is 1. The average molecular weight is 254 g/mol. The van der Waals surface area contributed by atoms with Gasteiger partial charge in [0.2, 0.25) is 15.9 Å². The maximum Gasteiger partial charge on any atom is 0.226 e. The van der Waals surface area contributed by atoms with Gasteiger partial charge in [-0.1, -0.05) is 24.3 Å². The van der Waals surface area contributed by atoms with E-state index in [4.69, 9.17) is 10.9 Å². The minimum atomic E-state index is -3.76. The highest BCUT2D eigenvalue weighted by Gasteiger charge is 2.39. The van der Waals surface area contributed by atoms with E-state index in [0.29, 0.717) is 18.4 Å². The zero-order valence-electron chi connectivity index (χ0n) is 9.17. The number of nitrogens with two attached hydrogens (primary N) is 2. The van der Waals surface area contributed by atoms with Crippen LogP contribution in [0.25, 0.3) is 0 Å². The lowest BCUT2D eigenvalue weighted by molar-refractivity contribution is -0.119. The highest BCUT2D eigenvalue weighted by Crippen LogP contribution is 2.34. The second-order valence-corrected chi connectivity index (χ2v) is 6.03. The van der Waals surface area contributed by atoms with Gasteiger partial charge in [0.05, 0.1) is 11.2 Å². The first kappa shape index (κ1) is 12.1. The van der Waals surface area contributed by atoms with Crippen molar-refractivity contribution in [1.82, 2.24) is 0 Å². The summed E-state index contributed by atoms with van der Waals surface area (Å²) in [4.78, 5) is 11.5. The third-order valence-corrected chi connectivity index (χ3v) is 4.54. The van der Waals surface area contributed by atoms with Crippen LogP contribution in [-0.4, -0.2) is 19.6 Å². The number of hydrogen-bond acceptors (Lipinski definition) is 3. The lowest BCUT2D eigenvalue weighted by Gasteiger charge is -2.29. The van der Waals surface area contributed by atoms with E-state index in [2.05, 4.69) is 0 Å². The molecule has 0 saturated carbocycles. The molecule has 0 heterocycles. The van der Waals surface area contributed by atoms with Crippen molar-refractivity contribution in [2.45, 2.75) is 24.0 Å². The second kappa shape index (κ2) is 4.12. The summed E-state index contributed by atoms with van der Waals surface area (Å²) in [5.74, 6) is -1.48. The molecule has 0 aliphatic heterocycles. The summed E-state index contributed by atoms with van der Waals surface area (Å²) in [6.07, 6.45) is 0.935. The summed E-state index contributed by atoms with van der Waals surface area (Å²) in [6, 6.07) is 7.24. The van der Waals surface area contributed by atoms with Crippen LogP contribution in [0.4, 0.5) is 0 Å². The zero-order valence-corrected chi connectivity index (χ0v) is 9.98. The Bertz CT molecular complexity index is 554. The van der Waals surface area contributed by atoms with Gasteiger partial charge in [0, 0.05) is 0 Å². The second-order valence-electron chi connectivity index (χ2n) is 4.25. The molecule has 0 aromatic heterocycles. The predicted octanol–water partition coefficient (Wildman–Crippen LogP) is -0.141. The molecule has 5 nitrogen and oxygen atoms in total. The number of amides is 1. The number of sulfonamides is 1. The topological polar surface area (TPSA) is 103 Å². The van der Waals surface area contributed by atoms with Gasteiger partial charge in [-0.05, 0) is 24.0 Å². The summed E-state index contributed by atoms with van der Waals surface area (Å²) in [5.41, 5.74) is 6.96. The molecule has 0 saturated heterocycles. The number of primary amides is 1. The van der Waals surface area contributed by atoms with E-state index in [1.54, 1.807) is 12.1 Å². The third-order valence-electron chi connectivity index (χ3n) is 3.19. The Labute approximate surface area is 99.9 Å². The first-order valence-corrected chi connectivity index (χ1v) is 6.91. The van der Waals surface area contributed by atoms with Crippen molar-refractivity contribution in [2.75, 3.05) is 0 Å². The molecule has 17 heavy (non-hydrogen) atoms. The summed E-state index contributed by atoms with van der Waals surface area (Å²) in [6.45, 7) is 0. The number of benzene rings is 1. The van der Waals surface area contributed by atoms with Crippen LogP contribution < -0.4 is 10.9 Å². The van der Waals surface area contributed by atoms with Crippen molar-refractivity contribution in [2.24, 2.45) is 10.9 Å². The molecule has 1 aromatic rings. The summed E-state index contributed by atoms with van der Waals surface area (Å²) < 4.78 is 23.0. The summed E-state index contributed by atoms with van der Waals surface area (Å²) in [5, 5.41) is 4.25. The number of carbonyl (C=O) groups is 1. The van der Waals surface area contributed by atoms with Gasteiger partial charge in [-0.15, -0.1) is 0 Å². The Morgan fingerprint density at radius 3 is 2.53 bits per heavy atom. The maximum absolute atomic E-state index is 11.5. The zero-order chi connectivity index (χ0) is 12.6. The minimum Gasteiger partial charge on any atom is -0.369 e. The van der Waals surface area contributed by atoms with Crippen LogP contribution in [0.1, 0.15) is 23.5 Å². The van der Waals surface area contributed by atoms with E-state index in [-0.39, 0.29) is 0 Å². The Morgan fingerprint density at radius 2 is 1.94 bits per heavy atom. The largest absolute Gasteiger partial charge is 0.369 e. The smallest absolute Gasteiger partial charge is 0.226 e. The molecule has 6 heteroatoms. The molecule has 0 radical (unpaired) electrons. The fourth-order valence-corrected chi connectivity index (χ4v) is 3.53. The molecule has 1 aromatic carbocycles. The van der Waals surface area contributed by atoms with Crippen LogP contribution in [0.2, 0.25) is 0 Å². The van der Waals surface area contributed by atoms with Crippen molar-refractivity contribution in [1.29, 1.82) is 0 Å². The van der Waals surface area contributed by atoms with Gasteiger partial charge in [-0.2, -0.15) is 0 Å². The molecular weight excluding hydrogens is 240 g/mol. The lowest BCUT2D eigenvalue weighted by atomic mass is 9.82. The summed E-state index contributed by atoms with van der Waals surface area (Å²) in [7, 11) is -3.76. The SMILES string of the molecule is NC(=O)C1c2ccccc2CCC1S(N)(=O)=O. The van der Waals surface area contributed by atoms with Crippen molar-refractivity contribution in [3.63, 3.8) is 0 Å².